The molecule has 3 amide bonds. The van der Waals surface area contributed by atoms with Crippen molar-refractivity contribution in [2.75, 3.05) is 11.9 Å². The molecule has 1 unspecified atom stereocenters. The number of anilines is 1. The maximum absolute atomic E-state index is 12.7. The standard InChI is InChI=1S/C24H21ClN6O4/c1-31-22-15(21(30-31)16-8-9-19(32)28-24(16)34)6-3-7-18(22)35-12-20(33)27-23-17(11-26-29-23)13-4-2-5-14(25)10-13/h2-7,10-11,16H,8-9,12H2,1H3,(H,28,32,34)(H2,26,27,29,33). The number of halogens is 1. The molecule has 0 spiro atoms. The van der Waals surface area contributed by atoms with Crippen LogP contribution in [-0.4, -0.2) is 44.3 Å². The number of aryl methyl sites for hydroxylation is 1. The maximum atomic E-state index is 12.7. The van der Waals surface area contributed by atoms with Crippen LogP contribution in [0.2, 0.25) is 5.02 Å². The average molecular weight is 493 g/mol. The van der Waals surface area contributed by atoms with Gasteiger partial charge in [-0.25, -0.2) is 0 Å². The number of aromatic amines is 1. The number of imide groups is 1. The fourth-order valence-electron chi connectivity index (χ4n) is 4.23. The van der Waals surface area contributed by atoms with Crippen LogP contribution < -0.4 is 15.4 Å². The fourth-order valence-corrected chi connectivity index (χ4v) is 4.42. The first-order chi connectivity index (χ1) is 16.9. The molecule has 3 N–H and O–H groups in total. The van der Waals surface area contributed by atoms with Gasteiger partial charge in [0.05, 0.1) is 17.8 Å². The molecule has 1 atom stereocenters. The van der Waals surface area contributed by atoms with E-state index in [1.807, 2.05) is 18.2 Å². The minimum atomic E-state index is -0.528. The molecule has 1 fully saturated rings. The van der Waals surface area contributed by atoms with Gasteiger partial charge in [-0.1, -0.05) is 35.9 Å². The van der Waals surface area contributed by atoms with Crippen LogP contribution in [0.15, 0.2) is 48.7 Å². The Morgan fingerprint density at radius 3 is 2.89 bits per heavy atom. The van der Waals surface area contributed by atoms with Crippen LogP contribution in [0.25, 0.3) is 22.0 Å². The van der Waals surface area contributed by atoms with E-state index >= 15 is 0 Å². The normalized spacial score (nSPS) is 15.8. The molecule has 4 aromatic rings. The Hall–Kier alpha value is -4.18. The van der Waals surface area contributed by atoms with Crippen LogP contribution in [-0.2, 0) is 21.4 Å². The highest BCUT2D eigenvalue weighted by molar-refractivity contribution is 6.30. The summed E-state index contributed by atoms with van der Waals surface area (Å²) in [5.74, 6) is -0.674. The van der Waals surface area contributed by atoms with Gasteiger partial charge in [-0.2, -0.15) is 10.2 Å². The molecule has 1 aliphatic heterocycles. The molecule has 0 bridgehead atoms. The quantitative estimate of drug-likeness (QED) is 0.354. The van der Waals surface area contributed by atoms with Gasteiger partial charge in [-0.15, -0.1) is 0 Å². The van der Waals surface area contributed by atoms with Crippen LogP contribution in [0, 0.1) is 0 Å². The summed E-state index contributed by atoms with van der Waals surface area (Å²) in [6.07, 6.45) is 2.26. The predicted octanol–water partition coefficient (Wildman–Crippen LogP) is 3.15. The first-order valence-corrected chi connectivity index (χ1v) is 11.3. The van der Waals surface area contributed by atoms with Gasteiger partial charge >= 0.3 is 0 Å². The zero-order chi connectivity index (χ0) is 24.5. The zero-order valence-corrected chi connectivity index (χ0v) is 19.4. The van der Waals surface area contributed by atoms with Crippen molar-refractivity contribution in [2.24, 2.45) is 7.05 Å². The van der Waals surface area contributed by atoms with E-state index in [4.69, 9.17) is 16.3 Å². The molecule has 10 nitrogen and oxygen atoms in total. The number of aromatic nitrogens is 4. The first kappa shape index (κ1) is 22.6. The van der Waals surface area contributed by atoms with E-state index in [9.17, 15) is 14.4 Å². The third-order valence-electron chi connectivity index (χ3n) is 5.82. The van der Waals surface area contributed by atoms with Crippen molar-refractivity contribution in [2.45, 2.75) is 18.8 Å². The first-order valence-electron chi connectivity index (χ1n) is 10.9. The second-order valence-electron chi connectivity index (χ2n) is 8.17. The van der Waals surface area contributed by atoms with E-state index < -0.39 is 5.92 Å². The zero-order valence-electron chi connectivity index (χ0n) is 18.7. The second kappa shape index (κ2) is 9.22. The summed E-state index contributed by atoms with van der Waals surface area (Å²) in [6, 6.07) is 12.6. The van der Waals surface area contributed by atoms with Crippen molar-refractivity contribution in [3.8, 4) is 16.9 Å². The third-order valence-corrected chi connectivity index (χ3v) is 6.06. The van der Waals surface area contributed by atoms with Gasteiger partial charge in [0.2, 0.25) is 11.8 Å². The number of H-pyrrole nitrogens is 1. The molecule has 0 aliphatic carbocycles. The number of benzene rings is 2. The summed E-state index contributed by atoms with van der Waals surface area (Å²) in [7, 11) is 1.74. The molecular weight excluding hydrogens is 472 g/mol. The summed E-state index contributed by atoms with van der Waals surface area (Å²) in [6.45, 7) is -0.258. The number of carbonyl (C=O) groups is 3. The number of nitrogens with zero attached hydrogens (tertiary/aromatic N) is 3. The predicted molar refractivity (Wildman–Crippen MR) is 129 cm³/mol. The van der Waals surface area contributed by atoms with Gasteiger partial charge in [0.15, 0.2) is 6.61 Å². The molecule has 5 rings (SSSR count). The van der Waals surface area contributed by atoms with Crippen molar-refractivity contribution in [3.63, 3.8) is 0 Å². The summed E-state index contributed by atoms with van der Waals surface area (Å²) in [5.41, 5.74) is 2.73. The SMILES string of the molecule is Cn1nc(C2CCC(=O)NC2=O)c2cccc(OCC(=O)Nc3[nH]ncc3-c3cccc(Cl)c3)c21. The van der Waals surface area contributed by atoms with Crippen LogP contribution in [0.4, 0.5) is 5.82 Å². The number of ether oxygens (including phenoxy) is 1. The molecule has 35 heavy (non-hydrogen) atoms. The lowest BCUT2D eigenvalue weighted by Gasteiger charge is -2.19. The molecule has 2 aromatic carbocycles. The Morgan fingerprint density at radius 2 is 2.09 bits per heavy atom. The largest absolute Gasteiger partial charge is 0.481 e. The van der Waals surface area contributed by atoms with Crippen LogP contribution >= 0.6 is 11.6 Å². The minimum Gasteiger partial charge on any atom is -0.481 e. The Morgan fingerprint density at radius 1 is 1.26 bits per heavy atom. The van der Waals surface area contributed by atoms with E-state index in [-0.39, 0.29) is 30.7 Å². The number of carbonyl (C=O) groups excluding carboxylic acids is 3. The molecule has 3 heterocycles. The molecule has 178 valence electrons. The number of hydrogen-bond donors (Lipinski definition) is 3. The van der Waals surface area contributed by atoms with Crippen LogP contribution in [0.3, 0.4) is 0 Å². The Balaban J connectivity index is 1.33. The lowest BCUT2D eigenvalue weighted by molar-refractivity contribution is -0.134. The Kier molecular flexibility index (Phi) is 5.96. The number of hydrogen-bond acceptors (Lipinski definition) is 6. The lowest BCUT2D eigenvalue weighted by atomic mass is 9.93. The van der Waals surface area contributed by atoms with Gasteiger partial charge in [0, 0.05) is 29.4 Å². The van der Waals surface area contributed by atoms with Crippen molar-refractivity contribution in [1.29, 1.82) is 0 Å². The molecule has 1 saturated heterocycles. The van der Waals surface area contributed by atoms with E-state index in [0.717, 1.165) is 10.9 Å². The lowest BCUT2D eigenvalue weighted by Crippen LogP contribution is -2.39. The van der Waals surface area contributed by atoms with Gasteiger partial charge in [0.25, 0.3) is 5.91 Å². The number of nitrogens with one attached hydrogen (secondary N) is 3. The molecule has 0 radical (unpaired) electrons. The summed E-state index contributed by atoms with van der Waals surface area (Å²) in [5, 5.41) is 17.8. The van der Waals surface area contributed by atoms with Gasteiger partial charge in [0.1, 0.15) is 17.1 Å². The van der Waals surface area contributed by atoms with Crippen molar-refractivity contribution < 1.29 is 19.1 Å². The minimum absolute atomic E-state index is 0.258. The van der Waals surface area contributed by atoms with Crippen molar-refractivity contribution in [1.82, 2.24) is 25.3 Å². The van der Waals surface area contributed by atoms with E-state index in [0.29, 0.717) is 39.8 Å². The summed E-state index contributed by atoms with van der Waals surface area (Å²) >= 11 is 6.08. The number of piperidine rings is 1. The van der Waals surface area contributed by atoms with E-state index in [1.165, 1.54) is 0 Å². The number of amides is 3. The van der Waals surface area contributed by atoms with E-state index in [1.54, 1.807) is 42.2 Å². The highest BCUT2D eigenvalue weighted by atomic mass is 35.5. The van der Waals surface area contributed by atoms with Crippen molar-refractivity contribution >= 4 is 46.0 Å². The van der Waals surface area contributed by atoms with Crippen LogP contribution in [0.5, 0.6) is 5.75 Å². The molecular formula is C24H21ClN6O4. The molecule has 11 heteroatoms. The van der Waals surface area contributed by atoms with E-state index in [2.05, 4.69) is 25.9 Å². The average Bonchev–Trinajstić information content (AvgIpc) is 3.42. The molecule has 2 aromatic heterocycles. The van der Waals surface area contributed by atoms with Gasteiger partial charge < -0.3 is 10.1 Å². The molecule has 0 saturated carbocycles. The van der Waals surface area contributed by atoms with Gasteiger partial charge in [-0.3, -0.25) is 29.5 Å². The Bertz CT molecular complexity index is 1460. The smallest absolute Gasteiger partial charge is 0.263 e. The maximum Gasteiger partial charge on any atom is 0.263 e. The Labute approximate surface area is 204 Å². The van der Waals surface area contributed by atoms with Crippen molar-refractivity contribution in [3.05, 3.63) is 59.4 Å². The van der Waals surface area contributed by atoms with Gasteiger partial charge in [-0.05, 0) is 30.2 Å². The number of para-hydroxylation sites is 1. The summed E-state index contributed by atoms with van der Waals surface area (Å²) < 4.78 is 7.46. The number of fused-ring (bicyclic) bond motifs is 1. The second-order valence-corrected chi connectivity index (χ2v) is 8.61. The number of rotatable bonds is 6. The highest BCUT2D eigenvalue weighted by Crippen LogP contribution is 2.34. The third kappa shape index (κ3) is 4.47. The highest BCUT2D eigenvalue weighted by Gasteiger charge is 2.32. The topological polar surface area (TPSA) is 131 Å². The van der Waals surface area contributed by atoms with Crippen LogP contribution in [0.1, 0.15) is 24.5 Å². The summed E-state index contributed by atoms with van der Waals surface area (Å²) in [4.78, 5) is 36.6. The molecule has 1 aliphatic rings. The fraction of sp³-hybridized carbons (Fsp3) is 0.208. The monoisotopic (exact) mass is 492 g/mol.